The van der Waals surface area contributed by atoms with Crippen molar-refractivity contribution >= 4 is 12.0 Å². The summed E-state index contributed by atoms with van der Waals surface area (Å²) in [6.45, 7) is 2.83. The second-order valence-corrected chi connectivity index (χ2v) is 6.37. The average molecular weight is 282 g/mol. The number of carboxylic acids is 1. The molecule has 1 heterocycles. The molecule has 0 radical (unpaired) electrons. The summed E-state index contributed by atoms with van der Waals surface area (Å²) in [5.41, 5.74) is 0. The zero-order valence-electron chi connectivity index (χ0n) is 12.5. The zero-order chi connectivity index (χ0) is 14.7. The normalized spacial score (nSPS) is 28.2. The summed E-state index contributed by atoms with van der Waals surface area (Å²) in [5, 5.41) is 9.16. The Labute approximate surface area is 120 Å². The first kappa shape index (κ1) is 15.1. The Hall–Kier alpha value is -1.26. The molecular formula is C15H26N2O3. The molecule has 1 saturated carbocycles. The second kappa shape index (κ2) is 6.46. The van der Waals surface area contributed by atoms with E-state index < -0.39 is 11.9 Å². The van der Waals surface area contributed by atoms with E-state index in [1.165, 1.54) is 25.7 Å². The molecule has 2 rings (SSSR count). The Kier molecular flexibility index (Phi) is 4.89. The monoisotopic (exact) mass is 282 g/mol. The van der Waals surface area contributed by atoms with Gasteiger partial charge >= 0.3 is 12.0 Å². The van der Waals surface area contributed by atoms with Crippen molar-refractivity contribution in [2.24, 2.45) is 11.8 Å². The molecule has 114 valence electrons. The number of aliphatic carboxylic acids is 1. The van der Waals surface area contributed by atoms with Crippen molar-refractivity contribution in [3.63, 3.8) is 0 Å². The number of hydrogen-bond donors (Lipinski definition) is 1. The molecule has 1 aliphatic carbocycles. The number of rotatable bonds is 2. The Balaban J connectivity index is 1.95. The fourth-order valence-electron chi connectivity index (χ4n) is 3.47. The third-order valence-corrected chi connectivity index (χ3v) is 4.87. The van der Waals surface area contributed by atoms with E-state index in [-0.39, 0.29) is 11.9 Å². The van der Waals surface area contributed by atoms with Gasteiger partial charge in [-0.3, -0.25) is 4.79 Å². The van der Waals surface area contributed by atoms with E-state index in [1.54, 1.807) is 4.90 Å². The van der Waals surface area contributed by atoms with Crippen molar-refractivity contribution in [3.05, 3.63) is 0 Å². The van der Waals surface area contributed by atoms with Crippen LogP contribution in [0.25, 0.3) is 0 Å². The molecule has 2 amide bonds. The van der Waals surface area contributed by atoms with E-state index >= 15 is 0 Å². The van der Waals surface area contributed by atoms with E-state index in [1.807, 2.05) is 18.9 Å². The Morgan fingerprint density at radius 2 is 1.70 bits per heavy atom. The third kappa shape index (κ3) is 3.25. The van der Waals surface area contributed by atoms with Crippen LogP contribution in [0.2, 0.25) is 0 Å². The molecule has 0 aromatic heterocycles. The topological polar surface area (TPSA) is 60.9 Å². The van der Waals surface area contributed by atoms with Crippen LogP contribution in [-0.4, -0.2) is 53.1 Å². The van der Waals surface area contributed by atoms with Gasteiger partial charge in [0.05, 0.1) is 5.92 Å². The van der Waals surface area contributed by atoms with Crippen LogP contribution in [0.15, 0.2) is 0 Å². The van der Waals surface area contributed by atoms with Gasteiger partial charge in [0.2, 0.25) is 0 Å². The van der Waals surface area contributed by atoms with E-state index in [9.17, 15) is 9.59 Å². The molecular weight excluding hydrogens is 256 g/mol. The molecule has 2 aliphatic rings. The first-order valence-corrected chi connectivity index (χ1v) is 7.75. The largest absolute Gasteiger partial charge is 0.481 e. The van der Waals surface area contributed by atoms with Gasteiger partial charge in [0.25, 0.3) is 0 Å². The number of nitrogens with zero attached hydrogens (tertiary/aromatic N) is 2. The molecule has 1 aliphatic heterocycles. The highest BCUT2D eigenvalue weighted by Crippen LogP contribution is 2.26. The quantitative estimate of drug-likeness (QED) is 0.791. The molecule has 5 heteroatoms. The highest BCUT2D eigenvalue weighted by Gasteiger charge is 2.38. The van der Waals surface area contributed by atoms with E-state index in [4.69, 9.17) is 5.11 Å². The Bertz CT molecular complexity index is 364. The lowest BCUT2D eigenvalue weighted by Gasteiger charge is -2.31. The van der Waals surface area contributed by atoms with Crippen molar-refractivity contribution in [2.75, 3.05) is 20.1 Å². The number of amides is 2. The maximum Gasteiger partial charge on any atom is 0.320 e. The zero-order valence-corrected chi connectivity index (χ0v) is 12.5. The molecule has 5 nitrogen and oxygen atoms in total. The lowest BCUT2D eigenvalue weighted by atomic mass is 9.99. The van der Waals surface area contributed by atoms with Crippen molar-refractivity contribution < 1.29 is 14.7 Å². The summed E-state index contributed by atoms with van der Waals surface area (Å²) in [5.74, 6) is -1.16. The molecule has 0 spiro atoms. The highest BCUT2D eigenvalue weighted by molar-refractivity contribution is 5.77. The fraction of sp³-hybridized carbons (Fsp3) is 0.867. The van der Waals surface area contributed by atoms with Crippen molar-refractivity contribution in [1.82, 2.24) is 9.80 Å². The van der Waals surface area contributed by atoms with Crippen LogP contribution in [0.3, 0.4) is 0 Å². The third-order valence-electron chi connectivity index (χ3n) is 4.87. The van der Waals surface area contributed by atoms with Gasteiger partial charge < -0.3 is 14.9 Å². The fourth-order valence-corrected chi connectivity index (χ4v) is 3.47. The molecule has 1 saturated heterocycles. The number of carboxylic acid groups (broad SMARTS) is 1. The number of carbonyl (C=O) groups is 2. The van der Waals surface area contributed by atoms with Crippen LogP contribution < -0.4 is 0 Å². The van der Waals surface area contributed by atoms with Crippen molar-refractivity contribution in [2.45, 2.75) is 51.5 Å². The summed E-state index contributed by atoms with van der Waals surface area (Å²) in [7, 11) is 1.87. The lowest BCUT2D eigenvalue weighted by Crippen LogP contribution is -2.45. The van der Waals surface area contributed by atoms with Crippen LogP contribution >= 0.6 is 0 Å². The van der Waals surface area contributed by atoms with Gasteiger partial charge in [0, 0.05) is 26.2 Å². The van der Waals surface area contributed by atoms with Gasteiger partial charge in [-0.05, 0) is 18.8 Å². The van der Waals surface area contributed by atoms with Crippen LogP contribution in [0.4, 0.5) is 4.79 Å². The highest BCUT2D eigenvalue weighted by atomic mass is 16.4. The number of hydrogen-bond acceptors (Lipinski definition) is 2. The number of urea groups is 1. The van der Waals surface area contributed by atoms with Crippen LogP contribution in [-0.2, 0) is 4.79 Å². The molecule has 2 fully saturated rings. The summed E-state index contributed by atoms with van der Waals surface area (Å²) >= 11 is 0. The van der Waals surface area contributed by atoms with Crippen LogP contribution in [0.5, 0.6) is 0 Å². The van der Waals surface area contributed by atoms with Crippen molar-refractivity contribution in [1.29, 1.82) is 0 Å². The molecule has 20 heavy (non-hydrogen) atoms. The maximum absolute atomic E-state index is 12.5. The molecule has 0 bridgehead atoms. The molecule has 2 atom stereocenters. The van der Waals surface area contributed by atoms with Crippen molar-refractivity contribution in [3.8, 4) is 0 Å². The summed E-state index contributed by atoms with van der Waals surface area (Å²) < 4.78 is 0. The summed E-state index contributed by atoms with van der Waals surface area (Å²) in [6.07, 6.45) is 7.07. The van der Waals surface area contributed by atoms with Gasteiger partial charge in [0.15, 0.2) is 0 Å². The van der Waals surface area contributed by atoms with Gasteiger partial charge in [-0.1, -0.05) is 32.6 Å². The predicted molar refractivity (Wildman–Crippen MR) is 76.5 cm³/mol. The number of carbonyl (C=O) groups excluding carboxylic acids is 1. The summed E-state index contributed by atoms with van der Waals surface area (Å²) in [4.78, 5) is 27.2. The lowest BCUT2D eigenvalue weighted by molar-refractivity contribution is -0.142. The van der Waals surface area contributed by atoms with E-state index in [2.05, 4.69) is 0 Å². The molecule has 1 N–H and O–H groups in total. The minimum Gasteiger partial charge on any atom is -0.481 e. The second-order valence-electron chi connectivity index (χ2n) is 6.37. The summed E-state index contributed by atoms with van der Waals surface area (Å²) in [6, 6.07) is 0.330. The average Bonchev–Trinajstić information content (AvgIpc) is 2.64. The molecule has 0 aromatic carbocycles. The minimum atomic E-state index is -0.787. The first-order valence-electron chi connectivity index (χ1n) is 7.75. The number of likely N-dealkylation sites (tertiary alicyclic amines) is 1. The van der Waals surface area contributed by atoms with Crippen LogP contribution in [0, 0.1) is 11.8 Å². The Morgan fingerprint density at radius 1 is 1.10 bits per heavy atom. The first-order chi connectivity index (χ1) is 9.50. The smallest absolute Gasteiger partial charge is 0.320 e. The molecule has 0 aromatic rings. The SMILES string of the molecule is C[C@@H]1CN(C(=O)N(C)C2CCCCCC2)C[C@H]1C(=O)O. The van der Waals surface area contributed by atoms with Gasteiger partial charge in [-0.25, -0.2) is 4.79 Å². The Morgan fingerprint density at radius 3 is 2.20 bits per heavy atom. The van der Waals surface area contributed by atoms with Gasteiger partial charge in [-0.15, -0.1) is 0 Å². The maximum atomic E-state index is 12.5. The van der Waals surface area contributed by atoms with Gasteiger partial charge in [-0.2, -0.15) is 0 Å². The molecule has 0 unspecified atom stereocenters. The van der Waals surface area contributed by atoms with E-state index in [0.717, 1.165) is 12.8 Å². The van der Waals surface area contributed by atoms with Gasteiger partial charge in [0.1, 0.15) is 0 Å². The van der Waals surface area contributed by atoms with Crippen LogP contribution in [0.1, 0.15) is 45.4 Å². The minimum absolute atomic E-state index is 0.00694. The van der Waals surface area contributed by atoms with E-state index in [0.29, 0.717) is 19.1 Å². The predicted octanol–water partition coefficient (Wildman–Crippen LogP) is 2.41. The standard InChI is InChI=1S/C15H26N2O3/c1-11-9-17(10-13(11)14(18)19)15(20)16(2)12-7-5-3-4-6-8-12/h11-13H,3-10H2,1-2H3,(H,18,19)/t11-,13-/m1/s1.